The first-order valence-corrected chi connectivity index (χ1v) is 6.40. The van der Waals surface area contributed by atoms with Crippen molar-refractivity contribution in [3.63, 3.8) is 0 Å². The lowest BCUT2D eigenvalue weighted by molar-refractivity contribution is -0.116. The van der Waals surface area contributed by atoms with Gasteiger partial charge in [-0.2, -0.15) is 0 Å². The molecular weight excluding hydrogens is 270 g/mol. The van der Waals surface area contributed by atoms with Crippen LogP contribution in [0.4, 0.5) is 0 Å². The number of carboxylic acid groups (broad SMARTS) is 1. The van der Waals surface area contributed by atoms with Gasteiger partial charge in [-0.15, -0.1) is 0 Å². The van der Waals surface area contributed by atoms with Gasteiger partial charge in [0, 0.05) is 6.08 Å². The third kappa shape index (κ3) is 4.07. The predicted octanol–water partition coefficient (Wildman–Crippen LogP) is 2.62. The van der Waals surface area contributed by atoms with Crippen molar-refractivity contribution < 1.29 is 19.1 Å². The van der Waals surface area contributed by atoms with E-state index in [0.29, 0.717) is 5.76 Å². The lowest BCUT2D eigenvalue weighted by Crippen LogP contribution is -2.19. The Kier molecular flexibility index (Phi) is 4.56. The number of carboxylic acids is 1. The number of benzene rings is 1. The number of amides is 1. The Bertz CT molecular complexity index is 685. The molecule has 21 heavy (non-hydrogen) atoms. The molecule has 0 aliphatic heterocycles. The van der Waals surface area contributed by atoms with Crippen LogP contribution in [0.15, 0.2) is 46.9 Å². The highest BCUT2D eigenvalue weighted by Gasteiger charge is 2.08. The molecule has 0 saturated carbocycles. The highest BCUT2D eigenvalue weighted by atomic mass is 16.4. The van der Waals surface area contributed by atoms with Gasteiger partial charge >= 0.3 is 5.97 Å². The Morgan fingerprint density at radius 3 is 2.67 bits per heavy atom. The van der Waals surface area contributed by atoms with E-state index < -0.39 is 5.97 Å². The van der Waals surface area contributed by atoms with Gasteiger partial charge in [0.1, 0.15) is 5.76 Å². The van der Waals surface area contributed by atoms with Gasteiger partial charge in [-0.3, -0.25) is 4.79 Å². The second-order valence-electron chi connectivity index (χ2n) is 4.48. The van der Waals surface area contributed by atoms with Crippen LogP contribution in [0.2, 0.25) is 0 Å². The van der Waals surface area contributed by atoms with Crippen molar-refractivity contribution in [1.82, 2.24) is 5.32 Å². The van der Waals surface area contributed by atoms with Crippen molar-refractivity contribution in [2.75, 3.05) is 0 Å². The average molecular weight is 285 g/mol. The molecule has 0 bridgehead atoms. The molecule has 2 aromatic rings. The number of nitrogens with one attached hydrogen (secondary N) is 1. The maximum Gasteiger partial charge on any atom is 0.371 e. The molecule has 1 aromatic heterocycles. The average Bonchev–Trinajstić information content (AvgIpc) is 2.93. The number of hydrogen-bond donors (Lipinski definition) is 2. The lowest BCUT2D eigenvalue weighted by Gasteiger charge is -2.00. The summed E-state index contributed by atoms with van der Waals surface area (Å²) in [5, 5.41) is 11.3. The molecule has 1 amide bonds. The molecule has 0 atom stereocenters. The third-order valence-electron chi connectivity index (χ3n) is 2.91. The Balaban J connectivity index is 1.90. The normalized spacial score (nSPS) is 10.7. The topological polar surface area (TPSA) is 79.5 Å². The second-order valence-corrected chi connectivity index (χ2v) is 4.48. The summed E-state index contributed by atoms with van der Waals surface area (Å²) in [6, 6.07) is 10.6. The van der Waals surface area contributed by atoms with Crippen molar-refractivity contribution in [2.45, 2.75) is 13.5 Å². The fourth-order valence-electron chi connectivity index (χ4n) is 1.76. The van der Waals surface area contributed by atoms with Gasteiger partial charge in [0.25, 0.3) is 0 Å². The van der Waals surface area contributed by atoms with E-state index in [4.69, 9.17) is 9.52 Å². The minimum absolute atomic E-state index is 0.143. The molecule has 108 valence electrons. The van der Waals surface area contributed by atoms with Gasteiger partial charge in [0.15, 0.2) is 0 Å². The summed E-state index contributed by atoms with van der Waals surface area (Å²) in [7, 11) is 0. The fraction of sp³-hybridized carbons (Fsp3) is 0.125. The quantitative estimate of drug-likeness (QED) is 0.828. The van der Waals surface area contributed by atoms with Crippen LogP contribution in [0.5, 0.6) is 0 Å². The summed E-state index contributed by atoms with van der Waals surface area (Å²) in [5.41, 5.74) is 2.05. The van der Waals surface area contributed by atoms with Crippen molar-refractivity contribution in [2.24, 2.45) is 0 Å². The molecule has 1 aromatic carbocycles. The monoisotopic (exact) mass is 285 g/mol. The van der Waals surface area contributed by atoms with Crippen LogP contribution >= 0.6 is 0 Å². The summed E-state index contributed by atoms with van der Waals surface area (Å²) in [4.78, 5) is 22.3. The van der Waals surface area contributed by atoms with Gasteiger partial charge in [-0.1, -0.05) is 24.3 Å². The smallest absolute Gasteiger partial charge is 0.371 e. The summed E-state index contributed by atoms with van der Waals surface area (Å²) in [6.45, 7) is 2.11. The van der Waals surface area contributed by atoms with Crippen LogP contribution in [0.1, 0.15) is 27.4 Å². The molecule has 0 saturated heterocycles. The van der Waals surface area contributed by atoms with Gasteiger partial charge in [-0.25, -0.2) is 4.79 Å². The molecule has 0 spiro atoms. The number of rotatable bonds is 5. The van der Waals surface area contributed by atoms with E-state index in [1.165, 1.54) is 18.2 Å². The van der Waals surface area contributed by atoms with E-state index in [2.05, 4.69) is 5.32 Å². The lowest BCUT2D eigenvalue weighted by atomic mass is 10.1. The maximum absolute atomic E-state index is 11.7. The Labute approximate surface area is 121 Å². The molecule has 0 aliphatic carbocycles. The molecule has 1 heterocycles. The SMILES string of the molecule is Cc1ccccc1/C=C/C(=O)NCc1ccc(C(=O)O)o1. The molecule has 0 radical (unpaired) electrons. The van der Waals surface area contributed by atoms with Crippen molar-refractivity contribution in [1.29, 1.82) is 0 Å². The molecule has 5 heteroatoms. The van der Waals surface area contributed by atoms with Crippen LogP contribution < -0.4 is 5.32 Å². The van der Waals surface area contributed by atoms with Crippen molar-refractivity contribution in [3.8, 4) is 0 Å². The number of hydrogen-bond acceptors (Lipinski definition) is 3. The Hall–Kier alpha value is -2.82. The number of furan rings is 1. The van der Waals surface area contributed by atoms with Crippen LogP contribution in [0, 0.1) is 6.92 Å². The standard InChI is InChI=1S/C16H15NO4/c1-11-4-2-3-5-12(11)6-9-15(18)17-10-13-7-8-14(21-13)16(19)20/h2-9H,10H2,1H3,(H,17,18)(H,19,20)/b9-6+. The highest BCUT2D eigenvalue weighted by Crippen LogP contribution is 2.09. The van der Waals surface area contributed by atoms with Crippen molar-refractivity contribution >= 4 is 18.0 Å². The van der Waals surface area contributed by atoms with Gasteiger partial charge in [0.2, 0.25) is 11.7 Å². The Morgan fingerprint density at radius 1 is 1.24 bits per heavy atom. The van der Waals surface area contributed by atoms with E-state index in [1.54, 1.807) is 6.08 Å². The molecule has 0 unspecified atom stereocenters. The molecule has 2 N–H and O–H groups in total. The molecule has 5 nitrogen and oxygen atoms in total. The third-order valence-corrected chi connectivity index (χ3v) is 2.91. The summed E-state index contributed by atoms with van der Waals surface area (Å²) >= 11 is 0. The fourth-order valence-corrected chi connectivity index (χ4v) is 1.76. The van der Waals surface area contributed by atoms with Crippen LogP contribution in [-0.2, 0) is 11.3 Å². The number of carbonyl (C=O) groups excluding carboxylic acids is 1. The zero-order valence-corrected chi connectivity index (χ0v) is 11.5. The number of aryl methyl sites for hydroxylation is 1. The first kappa shape index (κ1) is 14.6. The summed E-state index contributed by atoms with van der Waals surface area (Å²) in [6.07, 6.45) is 3.17. The van der Waals surface area contributed by atoms with Crippen LogP contribution in [-0.4, -0.2) is 17.0 Å². The molecule has 0 fully saturated rings. The summed E-state index contributed by atoms with van der Waals surface area (Å²) < 4.78 is 5.04. The zero-order valence-electron chi connectivity index (χ0n) is 11.5. The second kappa shape index (κ2) is 6.56. The molecular formula is C16H15NO4. The largest absolute Gasteiger partial charge is 0.475 e. The van der Waals surface area contributed by atoms with Gasteiger partial charge in [-0.05, 0) is 36.3 Å². The highest BCUT2D eigenvalue weighted by molar-refractivity contribution is 5.91. The van der Waals surface area contributed by atoms with Crippen LogP contribution in [0.3, 0.4) is 0 Å². The van der Waals surface area contributed by atoms with E-state index in [9.17, 15) is 9.59 Å². The molecule has 0 aliphatic rings. The van der Waals surface area contributed by atoms with E-state index in [0.717, 1.165) is 11.1 Å². The van der Waals surface area contributed by atoms with Gasteiger partial charge in [0.05, 0.1) is 6.54 Å². The predicted molar refractivity (Wildman–Crippen MR) is 77.7 cm³/mol. The maximum atomic E-state index is 11.7. The summed E-state index contributed by atoms with van der Waals surface area (Å²) in [5.74, 6) is -1.15. The minimum atomic E-state index is -1.13. The number of carbonyl (C=O) groups is 2. The van der Waals surface area contributed by atoms with E-state index in [1.807, 2.05) is 31.2 Å². The minimum Gasteiger partial charge on any atom is -0.475 e. The number of aromatic carboxylic acids is 1. The van der Waals surface area contributed by atoms with Crippen LogP contribution in [0.25, 0.3) is 6.08 Å². The Morgan fingerprint density at radius 2 is 2.00 bits per heavy atom. The van der Waals surface area contributed by atoms with Gasteiger partial charge < -0.3 is 14.8 Å². The first-order chi connectivity index (χ1) is 10.1. The van der Waals surface area contributed by atoms with E-state index >= 15 is 0 Å². The zero-order chi connectivity index (χ0) is 15.2. The first-order valence-electron chi connectivity index (χ1n) is 6.40. The van der Waals surface area contributed by atoms with E-state index in [-0.39, 0.29) is 18.2 Å². The molecule has 2 rings (SSSR count). The van der Waals surface area contributed by atoms with Crippen molar-refractivity contribution in [3.05, 3.63) is 65.1 Å².